The molecule has 0 aliphatic rings. The summed E-state index contributed by atoms with van der Waals surface area (Å²) in [6, 6.07) is 17.8. The summed E-state index contributed by atoms with van der Waals surface area (Å²) < 4.78 is 10.7. The van der Waals surface area contributed by atoms with Crippen LogP contribution in [-0.4, -0.2) is 31.7 Å². The van der Waals surface area contributed by atoms with Gasteiger partial charge in [-0.05, 0) is 59.7 Å². The predicted molar refractivity (Wildman–Crippen MR) is 123 cm³/mol. The number of ether oxygens (including phenoxy) is 2. The molecule has 0 fully saturated rings. The lowest BCUT2D eigenvalue weighted by Gasteiger charge is -2.23. The molecule has 3 aromatic rings. The highest BCUT2D eigenvalue weighted by molar-refractivity contribution is 7.09. The standard InChI is InChI=1S/C24H28N2O3S/c1-4-18-7-10-20(11-8-18)25-24(27)26(17-21-6-5-15-30-21)14-13-19-9-12-22(28-2)23(16-19)29-3/h5-12,15-16H,4,13-14,17H2,1-3H3,(H,25,27). The average molecular weight is 425 g/mol. The van der Waals surface area contributed by atoms with Gasteiger partial charge in [0, 0.05) is 17.1 Å². The number of hydrogen-bond donors (Lipinski definition) is 1. The fourth-order valence-electron chi connectivity index (χ4n) is 3.17. The van der Waals surface area contributed by atoms with Crippen molar-refractivity contribution in [3.63, 3.8) is 0 Å². The summed E-state index contributed by atoms with van der Waals surface area (Å²) in [5, 5.41) is 5.06. The van der Waals surface area contributed by atoms with Gasteiger partial charge in [-0.15, -0.1) is 11.3 Å². The number of amides is 2. The number of anilines is 1. The number of carbonyl (C=O) groups is 1. The Morgan fingerprint density at radius 1 is 1.00 bits per heavy atom. The first-order chi connectivity index (χ1) is 14.6. The molecule has 5 nitrogen and oxygen atoms in total. The fourth-order valence-corrected chi connectivity index (χ4v) is 3.89. The van der Waals surface area contributed by atoms with Crippen molar-refractivity contribution in [2.24, 2.45) is 0 Å². The van der Waals surface area contributed by atoms with Crippen LogP contribution in [0.1, 0.15) is 22.9 Å². The Hall–Kier alpha value is -2.99. The van der Waals surface area contributed by atoms with Crippen molar-refractivity contribution in [3.8, 4) is 11.5 Å². The number of benzene rings is 2. The Morgan fingerprint density at radius 3 is 2.37 bits per heavy atom. The lowest BCUT2D eigenvalue weighted by molar-refractivity contribution is 0.210. The summed E-state index contributed by atoms with van der Waals surface area (Å²) in [7, 11) is 3.25. The maximum atomic E-state index is 13.0. The molecule has 1 heterocycles. The summed E-state index contributed by atoms with van der Waals surface area (Å²) in [6.45, 7) is 3.28. The average Bonchev–Trinajstić information content (AvgIpc) is 3.30. The normalized spacial score (nSPS) is 10.5. The molecule has 0 unspecified atom stereocenters. The minimum Gasteiger partial charge on any atom is -0.493 e. The summed E-state index contributed by atoms with van der Waals surface area (Å²) >= 11 is 1.65. The number of thiophene rings is 1. The molecule has 0 spiro atoms. The minimum atomic E-state index is -0.104. The van der Waals surface area contributed by atoms with E-state index in [4.69, 9.17) is 9.47 Å². The van der Waals surface area contributed by atoms with E-state index in [1.807, 2.05) is 58.8 Å². The number of urea groups is 1. The van der Waals surface area contributed by atoms with Crippen molar-refractivity contribution >= 4 is 23.1 Å². The third-order valence-electron chi connectivity index (χ3n) is 4.95. The Bertz CT molecular complexity index is 940. The van der Waals surface area contributed by atoms with E-state index in [-0.39, 0.29) is 6.03 Å². The molecule has 158 valence electrons. The second kappa shape index (κ2) is 10.7. The summed E-state index contributed by atoms with van der Waals surface area (Å²) in [5.41, 5.74) is 3.14. The van der Waals surface area contributed by atoms with Gasteiger partial charge < -0.3 is 19.7 Å². The molecule has 2 amide bonds. The monoisotopic (exact) mass is 424 g/mol. The molecule has 1 N–H and O–H groups in total. The zero-order valence-electron chi connectivity index (χ0n) is 17.7. The van der Waals surface area contributed by atoms with Crippen LogP contribution in [0.15, 0.2) is 60.0 Å². The van der Waals surface area contributed by atoms with Gasteiger partial charge in [-0.2, -0.15) is 0 Å². The van der Waals surface area contributed by atoms with E-state index in [2.05, 4.69) is 18.3 Å². The lowest BCUT2D eigenvalue weighted by atomic mass is 10.1. The van der Waals surface area contributed by atoms with E-state index in [9.17, 15) is 4.79 Å². The molecule has 30 heavy (non-hydrogen) atoms. The molecular weight excluding hydrogens is 396 g/mol. The molecule has 1 aromatic heterocycles. The van der Waals surface area contributed by atoms with Crippen molar-refractivity contribution in [2.75, 3.05) is 26.1 Å². The van der Waals surface area contributed by atoms with E-state index < -0.39 is 0 Å². The second-order valence-corrected chi connectivity index (χ2v) is 7.95. The van der Waals surface area contributed by atoms with Gasteiger partial charge in [-0.25, -0.2) is 4.79 Å². The fraction of sp³-hybridized carbons (Fsp3) is 0.292. The van der Waals surface area contributed by atoms with Crippen LogP contribution in [0, 0.1) is 0 Å². The van der Waals surface area contributed by atoms with Crippen LogP contribution >= 0.6 is 11.3 Å². The molecule has 0 saturated heterocycles. The third-order valence-corrected chi connectivity index (χ3v) is 5.81. The first-order valence-corrected chi connectivity index (χ1v) is 10.9. The summed E-state index contributed by atoms with van der Waals surface area (Å²) in [6.07, 6.45) is 1.69. The van der Waals surface area contributed by atoms with E-state index >= 15 is 0 Å². The van der Waals surface area contributed by atoms with Gasteiger partial charge in [-0.3, -0.25) is 0 Å². The van der Waals surface area contributed by atoms with E-state index in [0.717, 1.165) is 22.5 Å². The Kier molecular flexibility index (Phi) is 7.74. The molecule has 0 saturated carbocycles. The molecule has 0 radical (unpaired) electrons. The highest BCUT2D eigenvalue weighted by Crippen LogP contribution is 2.28. The number of rotatable bonds is 9. The first kappa shape index (κ1) is 21.7. The van der Waals surface area contributed by atoms with Gasteiger partial charge in [0.25, 0.3) is 0 Å². The summed E-state index contributed by atoms with van der Waals surface area (Å²) in [4.78, 5) is 16.0. The van der Waals surface area contributed by atoms with Gasteiger partial charge in [0.2, 0.25) is 0 Å². The Balaban J connectivity index is 1.70. The maximum Gasteiger partial charge on any atom is 0.322 e. The lowest BCUT2D eigenvalue weighted by Crippen LogP contribution is -2.35. The van der Waals surface area contributed by atoms with Crippen LogP contribution in [0.2, 0.25) is 0 Å². The largest absolute Gasteiger partial charge is 0.493 e. The van der Waals surface area contributed by atoms with Gasteiger partial charge in [0.15, 0.2) is 11.5 Å². The smallest absolute Gasteiger partial charge is 0.322 e. The SMILES string of the molecule is CCc1ccc(NC(=O)N(CCc2ccc(OC)c(OC)c2)Cc2cccs2)cc1. The van der Waals surface area contributed by atoms with E-state index in [1.165, 1.54) is 5.56 Å². The van der Waals surface area contributed by atoms with Crippen molar-refractivity contribution in [3.05, 3.63) is 76.0 Å². The van der Waals surface area contributed by atoms with E-state index in [1.54, 1.807) is 25.6 Å². The molecule has 3 rings (SSSR count). The predicted octanol–water partition coefficient (Wildman–Crippen LogP) is 5.60. The summed E-state index contributed by atoms with van der Waals surface area (Å²) in [5.74, 6) is 1.39. The van der Waals surface area contributed by atoms with Gasteiger partial charge in [0.1, 0.15) is 0 Å². The van der Waals surface area contributed by atoms with Crippen LogP contribution < -0.4 is 14.8 Å². The topological polar surface area (TPSA) is 50.8 Å². The first-order valence-electron chi connectivity index (χ1n) is 10.0. The number of nitrogens with one attached hydrogen (secondary N) is 1. The molecule has 0 atom stereocenters. The third kappa shape index (κ3) is 5.76. The number of methoxy groups -OCH3 is 2. The minimum absolute atomic E-state index is 0.104. The quantitative estimate of drug-likeness (QED) is 0.486. The van der Waals surface area contributed by atoms with Crippen molar-refractivity contribution in [1.29, 1.82) is 0 Å². The zero-order chi connectivity index (χ0) is 21.3. The van der Waals surface area contributed by atoms with Crippen LogP contribution in [0.5, 0.6) is 11.5 Å². The van der Waals surface area contributed by atoms with Gasteiger partial charge >= 0.3 is 6.03 Å². The molecule has 2 aromatic carbocycles. The molecule has 0 bridgehead atoms. The number of hydrogen-bond acceptors (Lipinski definition) is 4. The molecular formula is C24H28N2O3S. The maximum absolute atomic E-state index is 13.0. The highest BCUT2D eigenvalue weighted by Gasteiger charge is 2.16. The van der Waals surface area contributed by atoms with Crippen molar-refractivity contribution in [1.82, 2.24) is 4.90 Å². The number of nitrogens with zero attached hydrogens (tertiary/aromatic N) is 1. The van der Waals surface area contributed by atoms with E-state index in [0.29, 0.717) is 31.0 Å². The number of aryl methyl sites for hydroxylation is 1. The van der Waals surface area contributed by atoms with Crippen LogP contribution in [0.4, 0.5) is 10.5 Å². The second-order valence-electron chi connectivity index (χ2n) is 6.92. The van der Waals surface area contributed by atoms with Crippen molar-refractivity contribution in [2.45, 2.75) is 26.3 Å². The van der Waals surface area contributed by atoms with Gasteiger partial charge in [0.05, 0.1) is 20.8 Å². The van der Waals surface area contributed by atoms with Crippen molar-refractivity contribution < 1.29 is 14.3 Å². The van der Waals surface area contributed by atoms with Gasteiger partial charge in [-0.1, -0.05) is 31.2 Å². The van der Waals surface area contributed by atoms with Crippen LogP contribution in [0.3, 0.4) is 0 Å². The molecule has 0 aliphatic heterocycles. The zero-order valence-corrected chi connectivity index (χ0v) is 18.5. The molecule has 6 heteroatoms. The molecule has 0 aliphatic carbocycles. The Morgan fingerprint density at radius 2 is 1.73 bits per heavy atom. The van der Waals surface area contributed by atoms with Crippen LogP contribution in [0.25, 0.3) is 0 Å². The number of carbonyl (C=O) groups excluding carboxylic acids is 1. The van der Waals surface area contributed by atoms with Crippen LogP contribution in [-0.2, 0) is 19.4 Å². The Labute approximate surface area is 182 Å². The highest BCUT2D eigenvalue weighted by atomic mass is 32.1.